The van der Waals surface area contributed by atoms with Crippen molar-refractivity contribution in [3.63, 3.8) is 0 Å². The summed E-state index contributed by atoms with van der Waals surface area (Å²) in [5, 5.41) is 11.7. The molecule has 136 valence electrons. The summed E-state index contributed by atoms with van der Waals surface area (Å²) in [6.07, 6.45) is 0. The minimum Gasteiger partial charge on any atom is -0.494 e. The molecule has 0 amide bonds. The molecule has 2 aromatic carbocycles. The van der Waals surface area contributed by atoms with Gasteiger partial charge in [-0.05, 0) is 50.6 Å². The summed E-state index contributed by atoms with van der Waals surface area (Å²) < 4.78 is 7.34. The molecule has 0 fully saturated rings. The van der Waals surface area contributed by atoms with Gasteiger partial charge < -0.3 is 4.74 Å². The van der Waals surface area contributed by atoms with Crippen molar-refractivity contribution < 1.29 is 4.74 Å². The van der Waals surface area contributed by atoms with Gasteiger partial charge in [0.15, 0.2) is 0 Å². The maximum absolute atomic E-state index is 5.50. The molecule has 4 rings (SSSR count). The molecule has 0 aliphatic carbocycles. The lowest BCUT2D eigenvalue weighted by Gasteiger charge is -2.06. The summed E-state index contributed by atoms with van der Waals surface area (Å²) in [7, 11) is 0. The number of nitrogens with zero attached hydrogens (tertiary/aromatic N) is 4. The van der Waals surface area contributed by atoms with Crippen LogP contribution in [0.15, 0.2) is 53.9 Å². The van der Waals surface area contributed by atoms with E-state index >= 15 is 0 Å². The van der Waals surface area contributed by atoms with Gasteiger partial charge in [0.1, 0.15) is 16.5 Å². The fraction of sp³-hybridized carbons (Fsp3) is 0.190. The zero-order chi connectivity index (χ0) is 18.8. The van der Waals surface area contributed by atoms with Crippen LogP contribution in [0.1, 0.15) is 18.2 Å². The second-order valence-electron chi connectivity index (χ2n) is 6.21. The highest BCUT2D eigenvalue weighted by Crippen LogP contribution is 2.31. The summed E-state index contributed by atoms with van der Waals surface area (Å²) >= 11 is 1.59. The highest BCUT2D eigenvalue weighted by molar-refractivity contribution is 7.13. The molecule has 4 aromatic rings. The fourth-order valence-corrected chi connectivity index (χ4v) is 3.84. The molecular formula is C21H20N4OS. The zero-order valence-corrected chi connectivity index (χ0v) is 16.3. The number of aromatic nitrogens is 4. The van der Waals surface area contributed by atoms with Gasteiger partial charge in [-0.15, -0.1) is 16.4 Å². The first kappa shape index (κ1) is 17.4. The van der Waals surface area contributed by atoms with Crippen molar-refractivity contribution in [2.45, 2.75) is 20.8 Å². The zero-order valence-electron chi connectivity index (χ0n) is 15.5. The van der Waals surface area contributed by atoms with E-state index in [0.29, 0.717) is 6.61 Å². The summed E-state index contributed by atoms with van der Waals surface area (Å²) in [4.78, 5) is 4.80. The molecule has 5 nitrogen and oxygen atoms in total. The average molecular weight is 376 g/mol. The van der Waals surface area contributed by atoms with Crippen LogP contribution < -0.4 is 4.74 Å². The molecule has 0 spiro atoms. The minimum atomic E-state index is 0.652. The standard InChI is InChI=1S/C21H20N4OS/c1-4-26-17-11-9-16(10-12-17)25-15(3)20(23-24-25)21-22-19(13-27-21)18-8-6-5-7-14(18)2/h5-13H,4H2,1-3H3. The van der Waals surface area contributed by atoms with E-state index in [0.717, 1.165) is 39.1 Å². The Balaban J connectivity index is 1.66. The minimum absolute atomic E-state index is 0.652. The van der Waals surface area contributed by atoms with Crippen LogP contribution >= 0.6 is 11.3 Å². The van der Waals surface area contributed by atoms with Crippen LogP contribution in [0.5, 0.6) is 5.75 Å². The van der Waals surface area contributed by atoms with Gasteiger partial charge in [-0.1, -0.05) is 29.5 Å². The van der Waals surface area contributed by atoms with Crippen molar-refractivity contribution in [3.05, 3.63) is 65.2 Å². The smallest absolute Gasteiger partial charge is 0.146 e. The van der Waals surface area contributed by atoms with E-state index in [1.54, 1.807) is 11.3 Å². The summed E-state index contributed by atoms with van der Waals surface area (Å²) in [5.41, 5.74) is 6.06. The van der Waals surface area contributed by atoms with E-state index in [-0.39, 0.29) is 0 Å². The highest BCUT2D eigenvalue weighted by atomic mass is 32.1. The molecule has 2 heterocycles. The van der Waals surface area contributed by atoms with E-state index in [1.165, 1.54) is 5.56 Å². The topological polar surface area (TPSA) is 52.8 Å². The van der Waals surface area contributed by atoms with Gasteiger partial charge in [0.2, 0.25) is 0 Å². The van der Waals surface area contributed by atoms with Crippen LogP contribution in [-0.4, -0.2) is 26.6 Å². The second kappa shape index (κ2) is 7.32. The first-order valence-corrected chi connectivity index (χ1v) is 9.72. The molecule has 0 atom stereocenters. The molecule has 0 radical (unpaired) electrons. The van der Waals surface area contributed by atoms with Gasteiger partial charge in [0.05, 0.1) is 23.7 Å². The van der Waals surface area contributed by atoms with E-state index in [1.807, 2.05) is 54.9 Å². The fourth-order valence-electron chi connectivity index (χ4n) is 2.99. The van der Waals surface area contributed by atoms with Crippen LogP contribution in [-0.2, 0) is 0 Å². The average Bonchev–Trinajstić information content (AvgIpc) is 3.30. The Morgan fingerprint density at radius 1 is 1.04 bits per heavy atom. The molecule has 2 aromatic heterocycles. The first-order chi connectivity index (χ1) is 13.2. The van der Waals surface area contributed by atoms with Crippen LogP contribution in [0.25, 0.3) is 27.6 Å². The summed E-state index contributed by atoms with van der Waals surface area (Å²) in [5.74, 6) is 0.849. The molecule has 0 saturated heterocycles. The maximum atomic E-state index is 5.50. The van der Waals surface area contributed by atoms with Gasteiger partial charge in [0.25, 0.3) is 0 Å². The van der Waals surface area contributed by atoms with Crippen molar-refractivity contribution in [2.75, 3.05) is 6.61 Å². The van der Waals surface area contributed by atoms with Gasteiger partial charge in [0, 0.05) is 10.9 Å². The van der Waals surface area contributed by atoms with Crippen LogP contribution in [0.3, 0.4) is 0 Å². The third-order valence-electron chi connectivity index (χ3n) is 4.41. The SMILES string of the molecule is CCOc1ccc(-n2nnc(-c3nc(-c4ccccc4C)cs3)c2C)cc1. The normalized spacial score (nSPS) is 10.9. The third-order valence-corrected chi connectivity index (χ3v) is 5.26. The summed E-state index contributed by atoms with van der Waals surface area (Å²) in [6, 6.07) is 16.1. The lowest BCUT2D eigenvalue weighted by molar-refractivity contribution is 0.340. The Kier molecular flexibility index (Phi) is 4.73. The number of aryl methyl sites for hydroxylation is 1. The van der Waals surface area contributed by atoms with Crippen molar-refractivity contribution in [1.29, 1.82) is 0 Å². The van der Waals surface area contributed by atoms with Crippen molar-refractivity contribution in [3.8, 4) is 33.4 Å². The Bertz CT molecular complexity index is 1070. The van der Waals surface area contributed by atoms with E-state index < -0.39 is 0 Å². The number of hydrogen-bond acceptors (Lipinski definition) is 5. The van der Waals surface area contributed by atoms with Crippen LogP contribution in [0, 0.1) is 13.8 Å². The number of thiazole rings is 1. The van der Waals surface area contributed by atoms with Crippen molar-refractivity contribution in [1.82, 2.24) is 20.0 Å². The molecule has 0 aliphatic heterocycles. The number of hydrogen-bond donors (Lipinski definition) is 0. The Morgan fingerprint density at radius 3 is 2.56 bits per heavy atom. The third kappa shape index (κ3) is 3.36. The lowest BCUT2D eigenvalue weighted by atomic mass is 10.1. The van der Waals surface area contributed by atoms with Gasteiger partial charge >= 0.3 is 0 Å². The highest BCUT2D eigenvalue weighted by Gasteiger charge is 2.16. The lowest BCUT2D eigenvalue weighted by Crippen LogP contribution is -1.99. The maximum Gasteiger partial charge on any atom is 0.146 e. The van der Waals surface area contributed by atoms with E-state index in [2.05, 4.69) is 34.7 Å². The van der Waals surface area contributed by atoms with Gasteiger partial charge in [-0.3, -0.25) is 0 Å². The molecule has 0 aliphatic rings. The quantitative estimate of drug-likeness (QED) is 0.488. The largest absolute Gasteiger partial charge is 0.494 e. The monoisotopic (exact) mass is 376 g/mol. The molecule has 0 bridgehead atoms. The summed E-state index contributed by atoms with van der Waals surface area (Å²) in [6.45, 7) is 6.74. The van der Waals surface area contributed by atoms with E-state index in [9.17, 15) is 0 Å². The van der Waals surface area contributed by atoms with Crippen LogP contribution in [0.4, 0.5) is 0 Å². The molecule has 6 heteroatoms. The predicted molar refractivity (Wildman–Crippen MR) is 109 cm³/mol. The molecule has 0 unspecified atom stereocenters. The second-order valence-corrected chi connectivity index (χ2v) is 7.07. The molecule has 0 saturated carbocycles. The Labute approximate surface area is 162 Å². The molecular weight excluding hydrogens is 356 g/mol. The van der Waals surface area contributed by atoms with Crippen molar-refractivity contribution >= 4 is 11.3 Å². The van der Waals surface area contributed by atoms with E-state index in [4.69, 9.17) is 9.72 Å². The molecule has 0 N–H and O–H groups in total. The number of benzene rings is 2. The number of ether oxygens (including phenoxy) is 1. The molecule has 27 heavy (non-hydrogen) atoms. The van der Waals surface area contributed by atoms with Gasteiger partial charge in [-0.2, -0.15) is 0 Å². The van der Waals surface area contributed by atoms with Crippen LogP contribution in [0.2, 0.25) is 0 Å². The Hall–Kier alpha value is -2.99. The number of rotatable bonds is 5. The van der Waals surface area contributed by atoms with Crippen molar-refractivity contribution in [2.24, 2.45) is 0 Å². The predicted octanol–water partition coefficient (Wildman–Crippen LogP) is 5.07. The first-order valence-electron chi connectivity index (χ1n) is 8.85. The Morgan fingerprint density at radius 2 is 1.81 bits per heavy atom. The van der Waals surface area contributed by atoms with Gasteiger partial charge in [-0.25, -0.2) is 9.67 Å².